The molecule has 18 heavy (non-hydrogen) atoms. The number of unbranched alkanes of at least 4 members (excludes halogenated alkanes) is 2. The third-order valence-electron chi connectivity index (χ3n) is 2.61. The quantitative estimate of drug-likeness (QED) is 0.572. The molecule has 0 atom stereocenters. The zero-order valence-electron chi connectivity index (χ0n) is 10.3. The molecule has 1 rings (SSSR count). The minimum absolute atomic E-state index is 0.231. The molecule has 0 saturated heterocycles. The van der Waals surface area contributed by atoms with Crippen LogP contribution >= 0.6 is 23.2 Å². The predicted molar refractivity (Wildman–Crippen MR) is 75.8 cm³/mol. The van der Waals surface area contributed by atoms with E-state index in [9.17, 15) is 8.42 Å². The molecule has 0 amide bonds. The van der Waals surface area contributed by atoms with Crippen LogP contribution < -0.4 is 0 Å². The molecule has 0 unspecified atom stereocenters. The second-order valence-corrected chi connectivity index (χ2v) is 6.89. The maximum absolute atomic E-state index is 12.2. The van der Waals surface area contributed by atoms with Gasteiger partial charge in [0.25, 0.3) is 0 Å². The minimum Gasteiger partial charge on any atom is -0.207 e. The summed E-state index contributed by atoms with van der Waals surface area (Å²) in [6.45, 7) is 0.492. The Morgan fingerprint density at radius 1 is 1.22 bits per heavy atom. The van der Waals surface area contributed by atoms with E-state index in [1.807, 2.05) is 0 Å². The highest BCUT2D eigenvalue weighted by molar-refractivity contribution is 7.89. The maximum atomic E-state index is 12.2. The van der Waals surface area contributed by atoms with Crippen LogP contribution in [0.1, 0.15) is 19.3 Å². The molecule has 3 nitrogen and oxygen atoms in total. The first-order valence-electron chi connectivity index (χ1n) is 5.76. The van der Waals surface area contributed by atoms with Crippen LogP contribution in [-0.4, -0.2) is 32.2 Å². The van der Waals surface area contributed by atoms with Gasteiger partial charge in [-0.15, -0.1) is 11.6 Å². The molecule has 0 bridgehead atoms. The summed E-state index contributed by atoms with van der Waals surface area (Å²) < 4.78 is 25.7. The van der Waals surface area contributed by atoms with Gasteiger partial charge in [-0.1, -0.05) is 24.1 Å². The van der Waals surface area contributed by atoms with Crippen LogP contribution in [0.25, 0.3) is 0 Å². The number of hydrogen-bond acceptors (Lipinski definition) is 2. The lowest BCUT2D eigenvalue weighted by molar-refractivity contribution is 0.454. The Hall–Kier alpha value is -0.290. The van der Waals surface area contributed by atoms with Crippen LogP contribution in [0.3, 0.4) is 0 Å². The van der Waals surface area contributed by atoms with Crippen LogP contribution in [0.2, 0.25) is 5.02 Å². The Kier molecular flexibility index (Phi) is 6.43. The summed E-state index contributed by atoms with van der Waals surface area (Å²) in [7, 11) is -1.85. The SMILES string of the molecule is CN(CCCCCCl)S(=O)(=O)c1cccc(Cl)c1. The molecule has 6 heteroatoms. The van der Waals surface area contributed by atoms with E-state index in [-0.39, 0.29) is 4.90 Å². The van der Waals surface area contributed by atoms with Gasteiger partial charge in [0.2, 0.25) is 10.0 Å². The topological polar surface area (TPSA) is 37.4 Å². The van der Waals surface area contributed by atoms with Crippen molar-refractivity contribution in [2.75, 3.05) is 19.5 Å². The van der Waals surface area contributed by atoms with Crippen LogP contribution in [-0.2, 0) is 10.0 Å². The zero-order valence-corrected chi connectivity index (χ0v) is 12.6. The molecule has 0 aliphatic carbocycles. The molecule has 0 radical (unpaired) electrons. The fourth-order valence-electron chi connectivity index (χ4n) is 1.53. The number of sulfonamides is 1. The average molecular weight is 310 g/mol. The first-order valence-corrected chi connectivity index (χ1v) is 8.11. The number of nitrogens with zero attached hydrogens (tertiary/aromatic N) is 1. The van der Waals surface area contributed by atoms with E-state index in [1.165, 1.54) is 10.4 Å². The molecule has 0 aromatic heterocycles. The Morgan fingerprint density at radius 3 is 2.56 bits per heavy atom. The Balaban J connectivity index is 2.68. The standard InChI is InChI=1S/C12H17Cl2NO2S/c1-15(9-4-2-3-8-13)18(16,17)12-7-5-6-11(14)10-12/h5-7,10H,2-4,8-9H2,1H3. The Morgan fingerprint density at radius 2 is 1.94 bits per heavy atom. The molecule has 0 spiro atoms. The Bertz CT molecular complexity index is 477. The second-order valence-electron chi connectivity index (χ2n) is 4.03. The number of benzene rings is 1. The van der Waals surface area contributed by atoms with Gasteiger partial charge in [-0.25, -0.2) is 12.7 Å². The number of halogens is 2. The van der Waals surface area contributed by atoms with Crippen molar-refractivity contribution in [2.24, 2.45) is 0 Å². The molecular formula is C12H17Cl2NO2S. The van der Waals surface area contributed by atoms with Crippen molar-refractivity contribution in [2.45, 2.75) is 24.2 Å². The van der Waals surface area contributed by atoms with Gasteiger partial charge in [-0.3, -0.25) is 0 Å². The van der Waals surface area contributed by atoms with E-state index >= 15 is 0 Å². The highest BCUT2D eigenvalue weighted by Crippen LogP contribution is 2.19. The smallest absolute Gasteiger partial charge is 0.207 e. The first-order chi connectivity index (χ1) is 8.48. The summed E-state index contributed by atoms with van der Waals surface area (Å²) in [4.78, 5) is 0.231. The van der Waals surface area contributed by atoms with Crippen LogP contribution in [0.15, 0.2) is 29.2 Å². The Labute approximate surface area is 119 Å². The molecule has 102 valence electrons. The fraction of sp³-hybridized carbons (Fsp3) is 0.500. The van der Waals surface area contributed by atoms with Crippen molar-refractivity contribution in [1.82, 2.24) is 4.31 Å². The van der Waals surface area contributed by atoms with Gasteiger partial charge in [-0.05, 0) is 31.0 Å². The van der Waals surface area contributed by atoms with Gasteiger partial charge in [-0.2, -0.15) is 0 Å². The third-order valence-corrected chi connectivity index (χ3v) is 4.97. The number of hydrogen-bond donors (Lipinski definition) is 0. The summed E-state index contributed by atoms with van der Waals surface area (Å²) >= 11 is 11.4. The minimum atomic E-state index is -3.43. The lowest BCUT2D eigenvalue weighted by Gasteiger charge is -2.17. The van der Waals surface area contributed by atoms with Crippen molar-refractivity contribution in [3.63, 3.8) is 0 Å². The van der Waals surface area contributed by atoms with Crippen molar-refractivity contribution < 1.29 is 8.42 Å². The van der Waals surface area contributed by atoms with Gasteiger partial charge in [0.15, 0.2) is 0 Å². The van der Waals surface area contributed by atoms with Crippen LogP contribution in [0.5, 0.6) is 0 Å². The second kappa shape index (κ2) is 7.34. The first kappa shape index (κ1) is 15.8. The van der Waals surface area contributed by atoms with E-state index in [1.54, 1.807) is 25.2 Å². The molecule has 0 aliphatic rings. The van der Waals surface area contributed by atoms with Crippen LogP contribution in [0.4, 0.5) is 0 Å². The summed E-state index contributed by atoms with van der Waals surface area (Å²) in [5.74, 6) is 0.616. The van der Waals surface area contributed by atoms with E-state index in [2.05, 4.69) is 0 Å². The van der Waals surface area contributed by atoms with Crippen molar-refractivity contribution >= 4 is 33.2 Å². The van der Waals surface area contributed by atoms with Gasteiger partial charge in [0, 0.05) is 24.5 Å². The fourth-order valence-corrected chi connectivity index (χ4v) is 3.23. The van der Waals surface area contributed by atoms with Crippen molar-refractivity contribution in [1.29, 1.82) is 0 Å². The molecular weight excluding hydrogens is 293 g/mol. The van der Waals surface area contributed by atoms with Crippen molar-refractivity contribution in [3.8, 4) is 0 Å². The highest BCUT2D eigenvalue weighted by atomic mass is 35.5. The van der Waals surface area contributed by atoms with Crippen molar-refractivity contribution in [3.05, 3.63) is 29.3 Å². The monoisotopic (exact) mass is 309 g/mol. The summed E-state index contributed by atoms with van der Waals surface area (Å²) in [5.41, 5.74) is 0. The van der Waals surface area contributed by atoms with Gasteiger partial charge in [0.1, 0.15) is 0 Å². The number of rotatable bonds is 7. The average Bonchev–Trinajstić information content (AvgIpc) is 2.34. The molecule has 0 aliphatic heterocycles. The van der Waals surface area contributed by atoms with E-state index in [0.717, 1.165) is 19.3 Å². The molecule has 0 heterocycles. The lowest BCUT2D eigenvalue weighted by atomic mass is 10.2. The van der Waals surface area contributed by atoms with Gasteiger partial charge >= 0.3 is 0 Å². The van der Waals surface area contributed by atoms with Crippen LogP contribution in [0, 0.1) is 0 Å². The molecule has 0 saturated carbocycles. The zero-order chi connectivity index (χ0) is 13.6. The summed E-state index contributed by atoms with van der Waals surface area (Å²) in [6, 6.07) is 6.31. The summed E-state index contributed by atoms with van der Waals surface area (Å²) in [5, 5.41) is 0.423. The van der Waals surface area contributed by atoms with E-state index in [4.69, 9.17) is 23.2 Å². The molecule has 1 aromatic carbocycles. The molecule has 0 fully saturated rings. The normalized spacial score (nSPS) is 12.0. The predicted octanol–water partition coefficient (Wildman–Crippen LogP) is 3.37. The third kappa shape index (κ3) is 4.43. The molecule has 1 aromatic rings. The van der Waals surface area contributed by atoms with E-state index < -0.39 is 10.0 Å². The van der Waals surface area contributed by atoms with E-state index in [0.29, 0.717) is 17.4 Å². The maximum Gasteiger partial charge on any atom is 0.242 e. The highest BCUT2D eigenvalue weighted by Gasteiger charge is 2.20. The lowest BCUT2D eigenvalue weighted by Crippen LogP contribution is -2.28. The largest absolute Gasteiger partial charge is 0.242 e. The van der Waals surface area contributed by atoms with Gasteiger partial charge < -0.3 is 0 Å². The molecule has 0 N–H and O–H groups in total. The van der Waals surface area contributed by atoms with Gasteiger partial charge in [0.05, 0.1) is 4.90 Å². The summed E-state index contributed by atoms with van der Waals surface area (Å²) in [6.07, 6.45) is 2.65. The number of alkyl halides is 1.